The van der Waals surface area contributed by atoms with Crippen molar-refractivity contribution in [3.63, 3.8) is 0 Å². The fourth-order valence-corrected chi connectivity index (χ4v) is 6.24. The van der Waals surface area contributed by atoms with Gasteiger partial charge in [0, 0.05) is 16.8 Å². The summed E-state index contributed by atoms with van der Waals surface area (Å²) in [5, 5.41) is 24.4. The van der Waals surface area contributed by atoms with Crippen molar-refractivity contribution >= 4 is 18.5 Å². The Morgan fingerprint density at radius 3 is 1.43 bits per heavy atom. The molecule has 158 valence electrons. The average Bonchev–Trinajstić information content (AvgIpc) is 2.66. The Kier molecular flexibility index (Phi) is 6.29. The summed E-state index contributed by atoms with van der Waals surface area (Å²) >= 11 is 0. The van der Waals surface area contributed by atoms with Gasteiger partial charge in [0.15, 0.2) is 0 Å². The minimum Gasteiger partial charge on any atom is -0.507 e. The second-order valence-corrected chi connectivity index (χ2v) is 12.1. The molecule has 0 radical (unpaired) electrons. The van der Waals surface area contributed by atoms with Gasteiger partial charge in [-0.25, -0.2) is 0 Å². The number of hydrogen-bond donors (Lipinski definition) is 2. The van der Waals surface area contributed by atoms with Crippen LogP contribution in [0, 0.1) is 0 Å². The first kappa shape index (κ1) is 22.4. The molecule has 0 fully saturated rings. The molecule has 0 heterocycles. The molecule has 3 heteroatoms. The number of phenols is 2. The Labute approximate surface area is 182 Å². The fourth-order valence-electron chi connectivity index (χ4n) is 3.77. The van der Waals surface area contributed by atoms with Gasteiger partial charge >= 0.3 is 0 Å². The Morgan fingerprint density at radius 2 is 1.03 bits per heavy atom. The van der Waals surface area contributed by atoms with Crippen LogP contribution < -0.4 is 10.6 Å². The number of hydrogen-bond acceptors (Lipinski definition) is 2. The zero-order valence-corrected chi connectivity index (χ0v) is 19.8. The SMILES string of the molecule is CC(C)(C)c1cccc(P(Cc2ccccc2)c2cccc(C(C)(C)C)c2O)c1O. The first-order chi connectivity index (χ1) is 14.0. The molecule has 0 saturated carbocycles. The molecular formula is C27H33O2P. The summed E-state index contributed by atoms with van der Waals surface area (Å²) in [6, 6.07) is 22.4. The van der Waals surface area contributed by atoms with Crippen LogP contribution in [0.4, 0.5) is 0 Å². The van der Waals surface area contributed by atoms with Gasteiger partial charge in [-0.15, -0.1) is 0 Å². The van der Waals surface area contributed by atoms with Crippen molar-refractivity contribution in [2.45, 2.75) is 58.5 Å². The van der Waals surface area contributed by atoms with E-state index in [1.165, 1.54) is 5.56 Å². The van der Waals surface area contributed by atoms with E-state index in [1.54, 1.807) is 0 Å². The van der Waals surface area contributed by atoms with Crippen LogP contribution in [0.3, 0.4) is 0 Å². The van der Waals surface area contributed by atoms with Crippen LogP contribution in [0.1, 0.15) is 58.2 Å². The number of rotatable bonds is 4. The molecule has 2 nitrogen and oxygen atoms in total. The molecule has 0 saturated heterocycles. The largest absolute Gasteiger partial charge is 0.507 e. The quantitative estimate of drug-likeness (QED) is 0.485. The van der Waals surface area contributed by atoms with Crippen LogP contribution in [0.5, 0.6) is 11.5 Å². The predicted octanol–water partition coefficient (Wildman–Crippen LogP) is 6.33. The fraction of sp³-hybridized carbons (Fsp3) is 0.333. The summed E-state index contributed by atoms with van der Waals surface area (Å²) in [5.41, 5.74) is 2.75. The molecule has 3 rings (SSSR count). The first-order valence-corrected chi connectivity index (χ1v) is 12.0. The summed E-state index contributed by atoms with van der Waals surface area (Å²) < 4.78 is 0. The van der Waals surface area contributed by atoms with E-state index >= 15 is 0 Å². The van der Waals surface area contributed by atoms with E-state index in [-0.39, 0.29) is 10.8 Å². The van der Waals surface area contributed by atoms with E-state index in [0.717, 1.165) is 27.9 Å². The van der Waals surface area contributed by atoms with E-state index < -0.39 is 7.92 Å². The number of aromatic hydroxyl groups is 2. The smallest absolute Gasteiger partial charge is 0.127 e. The van der Waals surface area contributed by atoms with E-state index in [2.05, 4.69) is 53.7 Å². The highest BCUT2D eigenvalue weighted by molar-refractivity contribution is 7.72. The zero-order chi connectivity index (χ0) is 22.1. The molecule has 0 aliphatic carbocycles. The van der Waals surface area contributed by atoms with Crippen molar-refractivity contribution < 1.29 is 10.2 Å². The van der Waals surface area contributed by atoms with Crippen LogP contribution >= 0.6 is 7.92 Å². The van der Waals surface area contributed by atoms with E-state index in [0.29, 0.717) is 11.5 Å². The molecule has 0 unspecified atom stereocenters. The normalized spacial score (nSPS) is 12.4. The molecule has 30 heavy (non-hydrogen) atoms. The highest BCUT2D eigenvalue weighted by atomic mass is 31.1. The molecule has 0 aliphatic heterocycles. The van der Waals surface area contributed by atoms with Gasteiger partial charge in [0.2, 0.25) is 0 Å². The number of phenolic OH excluding ortho intramolecular Hbond substituents is 2. The second-order valence-electron chi connectivity index (χ2n) is 9.92. The lowest BCUT2D eigenvalue weighted by atomic mass is 9.86. The molecule has 0 atom stereocenters. The molecule has 0 bridgehead atoms. The molecule has 3 aromatic rings. The van der Waals surface area contributed by atoms with Gasteiger partial charge in [0.1, 0.15) is 11.5 Å². The van der Waals surface area contributed by atoms with Gasteiger partial charge < -0.3 is 10.2 Å². The highest BCUT2D eigenvalue weighted by Gasteiger charge is 2.28. The molecular weight excluding hydrogens is 387 g/mol. The minimum absolute atomic E-state index is 0.164. The maximum absolute atomic E-state index is 11.3. The lowest BCUT2D eigenvalue weighted by Crippen LogP contribution is -2.21. The summed E-state index contributed by atoms with van der Waals surface area (Å²) in [4.78, 5) is 0. The van der Waals surface area contributed by atoms with Crippen LogP contribution in [-0.2, 0) is 17.0 Å². The molecule has 2 N–H and O–H groups in total. The predicted molar refractivity (Wildman–Crippen MR) is 130 cm³/mol. The molecule has 0 amide bonds. The van der Waals surface area contributed by atoms with Crippen LogP contribution in [0.2, 0.25) is 0 Å². The van der Waals surface area contributed by atoms with Gasteiger partial charge in [-0.05, 0) is 35.4 Å². The first-order valence-electron chi connectivity index (χ1n) is 10.5. The van der Waals surface area contributed by atoms with Crippen molar-refractivity contribution in [3.8, 4) is 11.5 Å². The maximum Gasteiger partial charge on any atom is 0.127 e. The van der Waals surface area contributed by atoms with Crippen LogP contribution in [0.15, 0.2) is 66.7 Å². The Bertz CT molecular complexity index is 948. The molecule has 0 spiro atoms. The summed E-state index contributed by atoms with van der Waals surface area (Å²) in [6.45, 7) is 12.7. The Balaban J connectivity index is 2.22. The monoisotopic (exact) mass is 420 g/mol. The van der Waals surface area contributed by atoms with Crippen molar-refractivity contribution in [2.24, 2.45) is 0 Å². The Hall–Kier alpha value is -2.31. The summed E-state index contributed by atoms with van der Waals surface area (Å²) in [6.07, 6.45) is 0.762. The lowest BCUT2D eigenvalue weighted by Gasteiger charge is -2.28. The topological polar surface area (TPSA) is 40.5 Å². The number of benzene rings is 3. The average molecular weight is 421 g/mol. The molecule has 0 aromatic heterocycles. The van der Waals surface area contributed by atoms with E-state index in [1.807, 2.05) is 54.6 Å². The maximum atomic E-state index is 11.3. The van der Waals surface area contributed by atoms with Gasteiger partial charge in [-0.2, -0.15) is 0 Å². The Morgan fingerprint density at radius 1 is 0.600 bits per heavy atom. The highest BCUT2D eigenvalue weighted by Crippen LogP contribution is 2.46. The van der Waals surface area contributed by atoms with Crippen molar-refractivity contribution in [3.05, 3.63) is 83.4 Å². The standard InChI is InChI=1S/C27H33O2P/c1-26(2,3)20-14-10-16-22(24(20)28)30(18-19-12-8-7-9-13-19)23-17-11-15-21(25(23)29)27(4,5)6/h7-17,28-29H,18H2,1-6H3. The van der Waals surface area contributed by atoms with Crippen molar-refractivity contribution in [1.82, 2.24) is 0 Å². The lowest BCUT2D eigenvalue weighted by molar-refractivity contribution is 0.450. The second kappa shape index (κ2) is 8.44. The van der Waals surface area contributed by atoms with Gasteiger partial charge in [-0.1, -0.05) is 108 Å². The molecule has 3 aromatic carbocycles. The van der Waals surface area contributed by atoms with Crippen molar-refractivity contribution in [1.29, 1.82) is 0 Å². The van der Waals surface area contributed by atoms with E-state index in [4.69, 9.17) is 0 Å². The van der Waals surface area contributed by atoms with Crippen molar-refractivity contribution in [2.75, 3.05) is 0 Å². The molecule has 0 aliphatic rings. The van der Waals surface area contributed by atoms with Crippen LogP contribution in [0.25, 0.3) is 0 Å². The van der Waals surface area contributed by atoms with Crippen LogP contribution in [-0.4, -0.2) is 10.2 Å². The van der Waals surface area contributed by atoms with Gasteiger partial charge in [0.25, 0.3) is 0 Å². The minimum atomic E-state index is -0.996. The van der Waals surface area contributed by atoms with E-state index in [9.17, 15) is 10.2 Å². The third-order valence-electron chi connectivity index (χ3n) is 5.41. The van der Waals surface area contributed by atoms with Gasteiger partial charge in [0.05, 0.1) is 0 Å². The third-order valence-corrected chi connectivity index (χ3v) is 7.98. The number of para-hydroxylation sites is 2. The summed E-state index contributed by atoms with van der Waals surface area (Å²) in [7, 11) is -0.996. The third kappa shape index (κ3) is 4.71. The summed E-state index contributed by atoms with van der Waals surface area (Å²) in [5.74, 6) is 0.709. The zero-order valence-electron chi connectivity index (χ0n) is 18.9. The van der Waals surface area contributed by atoms with Gasteiger partial charge in [-0.3, -0.25) is 0 Å².